The Morgan fingerprint density at radius 3 is 2.79 bits per heavy atom. The summed E-state index contributed by atoms with van der Waals surface area (Å²) in [6, 6.07) is -0.934. The van der Waals surface area contributed by atoms with Gasteiger partial charge in [0.2, 0.25) is 0 Å². The lowest BCUT2D eigenvalue weighted by Crippen LogP contribution is -2.34. The van der Waals surface area contributed by atoms with Crippen molar-refractivity contribution in [1.82, 2.24) is 14.8 Å². The predicted octanol–water partition coefficient (Wildman–Crippen LogP) is -0.187. The third-order valence-electron chi connectivity index (χ3n) is 1.77. The minimum atomic E-state index is -1.04. The fourth-order valence-electron chi connectivity index (χ4n) is 0.941. The Kier molecular flexibility index (Phi) is 3.19. The average molecular weight is 198 g/mol. The molecule has 3 N–H and O–H groups in total. The highest BCUT2D eigenvalue weighted by atomic mass is 16.4. The Hall–Kier alpha value is -1.43. The SMILES string of the molecule is CC(C)c1ncn(CC(N)C(=O)O)n1. The van der Waals surface area contributed by atoms with E-state index in [0.717, 1.165) is 0 Å². The topological polar surface area (TPSA) is 94.0 Å². The lowest BCUT2D eigenvalue weighted by molar-refractivity contribution is -0.138. The number of rotatable bonds is 4. The van der Waals surface area contributed by atoms with Crippen LogP contribution >= 0.6 is 0 Å². The average Bonchev–Trinajstić information content (AvgIpc) is 2.52. The molecule has 78 valence electrons. The number of nitrogens with zero attached hydrogens (tertiary/aromatic N) is 3. The van der Waals surface area contributed by atoms with Crippen molar-refractivity contribution in [2.45, 2.75) is 32.4 Å². The van der Waals surface area contributed by atoms with Crippen molar-refractivity contribution in [3.05, 3.63) is 12.2 Å². The number of aromatic nitrogens is 3. The molecule has 0 fully saturated rings. The molecule has 6 nitrogen and oxygen atoms in total. The number of carbonyl (C=O) groups is 1. The summed E-state index contributed by atoms with van der Waals surface area (Å²) in [7, 11) is 0. The van der Waals surface area contributed by atoms with E-state index in [1.807, 2.05) is 13.8 Å². The van der Waals surface area contributed by atoms with Gasteiger partial charge in [0.05, 0.1) is 6.54 Å². The van der Waals surface area contributed by atoms with Crippen LogP contribution in [0.25, 0.3) is 0 Å². The van der Waals surface area contributed by atoms with Crippen molar-refractivity contribution in [1.29, 1.82) is 0 Å². The van der Waals surface area contributed by atoms with Crippen LogP contribution in [0.5, 0.6) is 0 Å². The first-order valence-corrected chi connectivity index (χ1v) is 4.38. The van der Waals surface area contributed by atoms with Gasteiger partial charge in [-0.1, -0.05) is 13.8 Å². The Morgan fingerprint density at radius 2 is 2.36 bits per heavy atom. The second kappa shape index (κ2) is 4.19. The number of nitrogens with two attached hydrogens (primary N) is 1. The summed E-state index contributed by atoms with van der Waals surface area (Å²) in [6.45, 7) is 4.09. The summed E-state index contributed by atoms with van der Waals surface area (Å²) >= 11 is 0. The van der Waals surface area contributed by atoms with Gasteiger partial charge in [-0.25, -0.2) is 4.98 Å². The second-order valence-electron chi connectivity index (χ2n) is 3.42. The Morgan fingerprint density at radius 1 is 1.71 bits per heavy atom. The number of hydrogen-bond donors (Lipinski definition) is 2. The van der Waals surface area contributed by atoms with Gasteiger partial charge < -0.3 is 10.8 Å². The van der Waals surface area contributed by atoms with Gasteiger partial charge in [0.25, 0.3) is 0 Å². The van der Waals surface area contributed by atoms with Gasteiger partial charge in [-0.3, -0.25) is 9.48 Å². The zero-order chi connectivity index (χ0) is 10.7. The van der Waals surface area contributed by atoms with Crippen molar-refractivity contribution < 1.29 is 9.90 Å². The summed E-state index contributed by atoms with van der Waals surface area (Å²) in [6.07, 6.45) is 1.50. The van der Waals surface area contributed by atoms with Crippen molar-refractivity contribution in [2.75, 3.05) is 0 Å². The van der Waals surface area contributed by atoms with E-state index in [1.54, 1.807) is 0 Å². The van der Waals surface area contributed by atoms with Crippen LogP contribution in [-0.2, 0) is 11.3 Å². The molecule has 0 aliphatic rings. The molecule has 0 aliphatic carbocycles. The van der Waals surface area contributed by atoms with Gasteiger partial charge >= 0.3 is 5.97 Å². The molecule has 14 heavy (non-hydrogen) atoms. The molecule has 1 aromatic rings. The molecule has 1 unspecified atom stereocenters. The van der Waals surface area contributed by atoms with E-state index >= 15 is 0 Å². The lowest BCUT2D eigenvalue weighted by atomic mass is 10.2. The second-order valence-corrected chi connectivity index (χ2v) is 3.42. The Balaban J connectivity index is 2.64. The number of carboxylic acids is 1. The normalized spacial score (nSPS) is 13.1. The van der Waals surface area contributed by atoms with E-state index in [0.29, 0.717) is 5.82 Å². The van der Waals surface area contributed by atoms with Crippen LogP contribution < -0.4 is 5.73 Å². The highest BCUT2D eigenvalue weighted by Gasteiger charge is 2.13. The summed E-state index contributed by atoms with van der Waals surface area (Å²) in [4.78, 5) is 14.5. The molecule has 0 radical (unpaired) electrons. The summed E-state index contributed by atoms with van der Waals surface area (Å²) < 4.78 is 1.45. The van der Waals surface area contributed by atoms with Gasteiger partial charge in [0, 0.05) is 5.92 Å². The zero-order valence-corrected chi connectivity index (χ0v) is 8.21. The molecule has 0 saturated heterocycles. The third-order valence-corrected chi connectivity index (χ3v) is 1.77. The molecule has 1 atom stereocenters. The molecular weight excluding hydrogens is 184 g/mol. The molecule has 0 aromatic carbocycles. The monoisotopic (exact) mass is 198 g/mol. The minimum absolute atomic E-state index is 0.148. The standard InChI is InChI=1S/C8H14N4O2/c1-5(2)7-10-4-12(11-7)3-6(9)8(13)14/h4-6H,3,9H2,1-2H3,(H,13,14). The lowest BCUT2D eigenvalue weighted by Gasteiger charge is -2.04. The van der Waals surface area contributed by atoms with E-state index in [1.165, 1.54) is 11.0 Å². The molecule has 1 heterocycles. The third kappa shape index (κ3) is 2.53. The fraction of sp³-hybridized carbons (Fsp3) is 0.625. The zero-order valence-electron chi connectivity index (χ0n) is 8.21. The largest absolute Gasteiger partial charge is 0.480 e. The van der Waals surface area contributed by atoms with Crippen molar-refractivity contribution in [2.24, 2.45) is 5.73 Å². The number of carboxylic acid groups (broad SMARTS) is 1. The first-order valence-electron chi connectivity index (χ1n) is 4.38. The maximum atomic E-state index is 10.5. The molecular formula is C8H14N4O2. The quantitative estimate of drug-likeness (QED) is 0.699. The van der Waals surface area contributed by atoms with Crippen LogP contribution in [-0.4, -0.2) is 31.9 Å². The van der Waals surface area contributed by atoms with Crippen molar-refractivity contribution >= 4 is 5.97 Å². The summed E-state index contributed by atoms with van der Waals surface area (Å²) in [5, 5.41) is 12.7. The Labute approximate surface area is 81.7 Å². The van der Waals surface area contributed by atoms with Crippen LogP contribution in [0, 0.1) is 0 Å². The smallest absolute Gasteiger partial charge is 0.322 e. The molecule has 0 bridgehead atoms. The minimum Gasteiger partial charge on any atom is -0.480 e. The number of hydrogen-bond acceptors (Lipinski definition) is 4. The van der Waals surface area contributed by atoms with Crippen LogP contribution in [0.3, 0.4) is 0 Å². The van der Waals surface area contributed by atoms with Crippen LogP contribution in [0.15, 0.2) is 6.33 Å². The van der Waals surface area contributed by atoms with Crippen LogP contribution in [0.2, 0.25) is 0 Å². The van der Waals surface area contributed by atoms with E-state index in [9.17, 15) is 4.79 Å². The van der Waals surface area contributed by atoms with Crippen molar-refractivity contribution in [3.8, 4) is 0 Å². The van der Waals surface area contributed by atoms with E-state index in [4.69, 9.17) is 10.8 Å². The predicted molar refractivity (Wildman–Crippen MR) is 49.7 cm³/mol. The molecule has 1 rings (SSSR count). The van der Waals surface area contributed by atoms with Gasteiger partial charge in [0.1, 0.15) is 12.4 Å². The van der Waals surface area contributed by atoms with E-state index in [-0.39, 0.29) is 12.5 Å². The molecule has 0 spiro atoms. The van der Waals surface area contributed by atoms with Gasteiger partial charge in [-0.2, -0.15) is 5.10 Å². The van der Waals surface area contributed by atoms with E-state index < -0.39 is 12.0 Å². The fourth-order valence-corrected chi connectivity index (χ4v) is 0.941. The number of aliphatic carboxylic acids is 1. The molecule has 1 aromatic heterocycles. The summed E-state index contributed by atoms with van der Waals surface area (Å²) in [5.74, 6) is -0.105. The molecule has 6 heteroatoms. The van der Waals surface area contributed by atoms with E-state index in [2.05, 4.69) is 10.1 Å². The maximum absolute atomic E-state index is 10.5. The van der Waals surface area contributed by atoms with Gasteiger partial charge in [0.15, 0.2) is 5.82 Å². The highest BCUT2D eigenvalue weighted by molar-refractivity contribution is 5.72. The van der Waals surface area contributed by atoms with Gasteiger partial charge in [-0.05, 0) is 0 Å². The van der Waals surface area contributed by atoms with Crippen LogP contribution in [0.1, 0.15) is 25.6 Å². The highest BCUT2D eigenvalue weighted by Crippen LogP contribution is 2.06. The molecule has 0 saturated carbocycles. The Bertz CT molecular complexity index is 321. The first kappa shape index (κ1) is 10.6. The first-order chi connectivity index (χ1) is 6.50. The van der Waals surface area contributed by atoms with Crippen LogP contribution in [0.4, 0.5) is 0 Å². The molecule has 0 amide bonds. The summed E-state index contributed by atoms with van der Waals surface area (Å²) in [5.41, 5.74) is 5.35. The van der Waals surface area contributed by atoms with Crippen molar-refractivity contribution in [3.63, 3.8) is 0 Å². The maximum Gasteiger partial charge on any atom is 0.322 e. The molecule has 0 aliphatic heterocycles. The van der Waals surface area contributed by atoms with Gasteiger partial charge in [-0.15, -0.1) is 0 Å².